The number of rotatable bonds is 3. The van der Waals surface area contributed by atoms with Gasteiger partial charge in [0.25, 0.3) is 0 Å². The number of hydrogen-bond acceptors (Lipinski definition) is 2. The summed E-state index contributed by atoms with van der Waals surface area (Å²) in [6.07, 6.45) is 0. The van der Waals surface area contributed by atoms with Gasteiger partial charge in [-0.3, -0.25) is 0 Å². The summed E-state index contributed by atoms with van der Waals surface area (Å²) in [4.78, 5) is 0. The van der Waals surface area contributed by atoms with Crippen LogP contribution in [0.4, 0.5) is 11.4 Å². The molecule has 2 rings (SSSR count). The van der Waals surface area contributed by atoms with E-state index in [1.54, 1.807) is 12.1 Å². The van der Waals surface area contributed by atoms with Crippen molar-refractivity contribution in [3.63, 3.8) is 0 Å². The second-order valence-electron chi connectivity index (χ2n) is 3.72. The zero-order chi connectivity index (χ0) is 12.3. The highest BCUT2D eigenvalue weighted by Crippen LogP contribution is 2.25. The van der Waals surface area contributed by atoms with Gasteiger partial charge in [-0.25, -0.2) is 0 Å². The number of nitrogens with two attached hydrogens (primary N) is 1. The largest absolute Gasteiger partial charge is 0.399 e. The molecule has 0 heterocycles. The molecule has 0 saturated heterocycles. The Labute approximate surface area is 110 Å². The fourth-order valence-corrected chi connectivity index (χ4v) is 1.74. The second-order valence-corrected chi connectivity index (χ2v) is 4.54. The SMILES string of the molecule is Nc1ccc(CNc2ccc(Cl)c(Cl)c2)cc1. The summed E-state index contributed by atoms with van der Waals surface area (Å²) in [6.45, 7) is 0.720. The van der Waals surface area contributed by atoms with E-state index < -0.39 is 0 Å². The van der Waals surface area contributed by atoms with Crippen molar-refractivity contribution in [2.75, 3.05) is 11.1 Å². The van der Waals surface area contributed by atoms with Crippen LogP contribution in [0.1, 0.15) is 5.56 Å². The Morgan fingerprint density at radius 2 is 1.65 bits per heavy atom. The van der Waals surface area contributed by atoms with Gasteiger partial charge in [-0.1, -0.05) is 35.3 Å². The minimum absolute atomic E-state index is 0.550. The summed E-state index contributed by atoms with van der Waals surface area (Å²) in [7, 11) is 0. The quantitative estimate of drug-likeness (QED) is 0.818. The Kier molecular flexibility index (Phi) is 3.77. The van der Waals surface area contributed by atoms with Crippen molar-refractivity contribution in [1.82, 2.24) is 0 Å². The molecule has 0 atom stereocenters. The van der Waals surface area contributed by atoms with E-state index in [9.17, 15) is 0 Å². The van der Waals surface area contributed by atoms with Gasteiger partial charge in [0, 0.05) is 17.9 Å². The highest BCUT2D eigenvalue weighted by Gasteiger charge is 1.99. The topological polar surface area (TPSA) is 38.0 Å². The van der Waals surface area contributed by atoms with Crippen molar-refractivity contribution in [3.05, 3.63) is 58.1 Å². The molecular weight excluding hydrogens is 255 g/mol. The zero-order valence-electron chi connectivity index (χ0n) is 9.08. The molecule has 0 bridgehead atoms. The monoisotopic (exact) mass is 266 g/mol. The minimum atomic E-state index is 0.550. The van der Waals surface area contributed by atoms with E-state index >= 15 is 0 Å². The van der Waals surface area contributed by atoms with Crippen molar-refractivity contribution < 1.29 is 0 Å². The zero-order valence-corrected chi connectivity index (χ0v) is 10.6. The first-order valence-electron chi connectivity index (χ1n) is 5.18. The lowest BCUT2D eigenvalue weighted by molar-refractivity contribution is 1.15. The lowest BCUT2D eigenvalue weighted by Gasteiger charge is -2.07. The Hall–Kier alpha value is -1.38. The van der Waals surface area contributed by atoms with Gasteiger partial charge in [-0.05, 0) is 35.9 Å². The molecule has 17 heavy (non-hydrogen) atoms. The number of anilines is 2. The highest BCUT2D eigenvalue weighted by molar-refractivity contribution is 6.42. The molecule has 0 amide bonds. The van der Waals surface area contributed by atoms with Gasteiger partial charge in [0.2, 0.25) is 0 Å². The molecule has 0 fully saturated rings. The molecule has 0 spiro atoms. The van der Waals surface area contributed by atoms with Gasteiger partial charge >= 0.3 is 0 Å². The number of halogens is 2. The molecule has 2 aromatic rings. The van der Waals surface area contributed by atoms with Crippen LogP contribution in [0.25, 0.3) is 0 Å². The predicted octanol–water partition coefficient (Wildman–Crippen LogP) is 4.19. The molecule has 3 N–H and O–H groups in total. The molecule has 0 unspecified atom stereocenters. The van der Waals surface area contributed by atoms with E-state index in [2.05, 4.69) is 5.32 Å². The summed E-state index contributed by atoms with van der Waals surface area (Å²) in [5.41, 5.74) is 8.48. The average molecular weight is 267 g/mol. The molecule has 2 nitrogen and oxygen atoms in total. The number of nitrogens with one attached hydrogen (secondary N) is 1. The third-order valence-corrected chi connectivity index (χ3v) is 3.13. The standard InChI is InChI=1S/C13H12Cl2N2/c14-12-6-5-11(7-13(12)15)17-8-9-1-3-10(16)4-2-9/h1-7,17H,8,16H2. The van der Waals surface area contributed by atoms with Crippen molar-refractivity contribution in [3.8, 4) is 0 Å². The Morgan fingerprint density at radius 3 is 2.29 bits per heavy atom. The summed E-state index contributed by atoms with van der Waals surface area (Å²) in [5, 5.41) is 4.37. The van der Waals surface area contributed by atoms with Crippen LogP contribution < -0.4 is 11.1 Å². The Morgan fingerprint density at radius 1 is 0.941 bits per heavy atom. The molecule has 0 aliphatic heterocycles. The molecule has 4 heteroatoms. The van der Waals surface area contributed by atoms with Gasteiger partial charge in [-0.15, -0.1) is 0 Å². The normalized spacial score (nSPS) is 10.2. The van der Waals surface area contributed by atoms with Gasteiger partial charge < -0.3 is 11.1 Å². The fraction of sp³-hybridized carbons (Fsp3) is 0.0769. The van der Waals surface area contributed by atoms with Crippen LogP contribution in [0.15, 0.2) is 42.5 Å². The van der Waals surface area contributed by atoms with Crippen LogP contribution in [0.5, 0.6) is 0 Å². The first-order chi connectivity index (χ1) is 8.15. The summed E-state index contributed by atoms with van der Waals surface area (Å²) >= 11 is 11.8. The number of hydrogen-bond donors (Lipinski definition) is 2. The average Bonchev–Trinajstić information content (AvgIpc) is 2.33. The van der Waals surface area contributed by atoms with Crippen LogP contribution >= 0.6 is 23.2 Å². The Balaban J connectivity index is 2.02. The third-order valence-electron chi connectivity index (χ3n) is 2.40. The summed E-state index contributed by atoms with van der Waals surface area (Å²) < 4.78 is 0. The van der Waals surface area contributed by atoms with E-state index in [1.807, 2.05) is 30.3 Å². The number of nitrogen functional groups attached to an aromatic ring is 1. The summed E-state index contributed by atoms with van der Waals surface area (Å²) in [6, 6.07) is 13.2. The maximum Gasteiger partial charge on any atom is 0.0612 e. The van der Waals surface area contributed by atoms with Crippen molar-refractivity contribution in [1.29, 1.82) is 0 Å². The number of benzene rings is 2. The van der Waals surface area contributed by atoms with Gasteiger partial charge in [0.05, 0.1) is 10.0 Å². The minimum Gasteiger partial charge on any atom is -0.399 e. The van der Waals surface area contributed by atoms with Gasteiger partial charge in [0.15, 0.2) is 0 Å². The highest BCUT2D eigenvalue weighted by atomic mass is 35.5. The molecular formula is C13H12Cl2N2. The smallest absolute Gasteiger partial charge is 0.0612 e. The molecule has 0 aliphatic carbocycles. The van der Waals surface area contributed by atoms with E-state index in [0.29, 0.717) is 10.0 Å². The van der Waals surface area contributed by atoms with Crippen LogP contribution in [-0.2, 0) is 6.54 Å². The van der Waals surface area contributed by atoms with Crippen molar-refractivity contribution >= 4 is 34.6 Å². The molecule has 2 aromatic carbocycles. The first kappa shape index (κ1) is 12.1. The molecule has 0 radical (unpaired) electrons. The molecule has 0 saturated carbocycles. The lowest BCUT2D eigenvalue weighted by atomic mass is 10.2. The van der Waals surface area contributed by atoms with E-state index in [1.165, 1.54) is 0 Å². The van der Waals surface area contributed by atoms with E-state index in [-0.39, 0.29) is 0 Å². The van der Waals surface area contributed by atoms with E-state index in [4.69, 9.17) is 28.9 Å². The summed E-state index contributed by atoms with van der Waals surface area (Å²) in [5.74, 6) is 0. The van der Waals surface area contributed by atoms with E-state index in [0.717, 1.165) is 23.5 Å². The maximum absolute atomic E-state index is 5.93. The Bertz CT molecular complexity index is 509. The molecule has 0 aliphatic rings. The van der Waals surface area contributed by atoms with Crippen LogP contribution in [0.3, 0.4) is 0 Å². The van der Waals surface area contributed by atoms with Crippen LogP contribution in [0, 0.1) is 0 Å². The fourth-order valence-electron chi connectivity index (χ4n) is 1.45. The van der Waals surface area contributed by atoms with Crippen LogP contribution in [0.2, 0.25) is 10.0 Å². The molecule has 88 valence electrons. The van der Waals surface area contributed by atoms with Crippen molar-refractivity contribution in [2.24, 2.45) is 0 Å². The first-order valence-corrected chi connectivity index (χ1v) is 5.94. The third kappa shape index (κ3) is 3.29. The second kappa shape index (κ2) is 5.30. The lowest BCUT2D eigenvalue weighted by Crippen LogP contribution is -1.99. The molecule has 0 aromatic heterocycles. The predicted molar refractivity (Wildman–Crippen MR) is 74.6 cm³/mol. The van der Waals surface area contributed by atoms with Gasteiger partial charge in [-0.2, -0.15) is 0 Å². The van der Waals surface area contributed by atoms with Crippen LogP contribution in [-0.4, -0.2) is 0 Å². The maximum atomic E-state index is 5.93. The van der Waals surface area contributed by atoms with Gasteiger partial charge in [0.1, 0.15) is 0 Å². The van der Waals surface area contributed by atoms with Crippen molar-refractivity contribution in [2.45, 2.75) is 6.54 Å².